The van der Waals surface area contributed by atoms with Gasteiger partial charge >= 0.3 is 0 Å². The summed E-state index contributed by atoms with van der Waals surface area (Å²) in [6.07, 6.45) is 2.32. The van der Waals surface area contributed by atoms with E-state index in [-0.39, 0.29) is 12.5 Å². The lowest BCUT2D eigenvalue weighted by Gasteiger charge is -2.34. The van der Waals surface area contributed by atoms with Gasteiger partial charge in [-0.2, -0.15) is 0 Å². The number of amides is 1. The maximum atomic E-state index is 12.0. The van der Waals surface area contributed by atoms with Gasteiger partial charge in [0.2, 0.25) is 0 Å². The van der Waals surface area contributed by atoms with E-state index in [9.17, 15) is 4.79 Å². The second-order valence-corrected chi connectivity index (χ2v) is 4.19. The Bertz CT molecular complexity index is 343. The molecule has 1 fully saturated rings. The van der Waals surface area contributed by atoms with Crippen molar-refractivity contribution in [1.82, 2.24) is 9.80 Å². The Hall–Kier alpha value is -1.33. The molecule has 0 spiro atoms. The highest BCUT2D eigenvalue weighted by Crippen LogP contribution is 2.09. The van der Waals surface area contributed by atoms with Crippen molar-refractivity contribution in [1.29, 1.82) is 0 Å². The van der Waals surface area contributed by atoms with Gasteiger partial charge in [0.25, 0.3) is 5.91 Å². The van der Waals surface area contributed by atoms with Crippen LogP contribution in [0.4, 0.5) is 0 Å². The third kappa shape index (κ3) is 3.08. The molecule has 0 aliphatic carbocycles. The fraction of sp³-hybridized carbons (Fsp3) is 0.583. The van der Waals surface area contributed by atoms with E-state index < -0.39 is 0 Å². The minimum Gasteiger partial charge on any atom is -0.459 e. The lowest BCUT2D eigenvalue weighted by Crippen LogP contribution is -2.48. The van der Waals surface area contributed by atoms with Crippen LogP contribution in [0.1, 0.15) is 17.0 Å². The molecule has 1 aliphatic heterocycles. The summed E-state index contributed by atoms with van der Waals surface area (Å²) in [5, 5.41) is 8.76. The summed E-state index contributed by atoms with van der Waals surface area (Å²) in [6.45, 7) is 4.32. The van der Waals surface area contributed by atoms with E-state index in [1.54, 1.807) is 12.1 Å². The van der Waals surface area contributed by atoms with Crippen LogP contribution in [0.25, 0.3) is 0 Å². The molecule has 5 nitrogen and oxygen atoms in total. The zero-order valence-electron chi connectivity index (χ0n) is 9.84. The lowest BCUT2D eigenvalue weighted by atomic mass is 10.2. The molecule has 94 valence electrons. The van der Waals surface area contributed by atoms with Gasteiger partial charge in [-0.25, -0.2) is 0 Å². The van der Waals surface area contributed by atoms with Crippen LogP contribution in [0.5, 0.6) is 0 Å². The van der Waals surface area contributed by atoms with Crippen LogP contribution in [-0.2, 0) is 0 Å². The van der Waals surface area contributed by atoms with Gasteiger partial charge in [-0.1, -0.05) is 0 Å². The lowest BCUT2D eigenvalue weighted by molar-refractivity contribution is 0.0598. The second kappa shape index (κ2) is 5.84. The first-order valence-electron chi connectivity index (χ1n) is 5.97. The molecule has 0 atom stereocenters. The summed E-state index contributed by atoms with van der Waals surface area (Å²) in [6, 6.07) is 3.42. The van der Waals surface area contributed by atoms with E-state index in [4.69, 9.17) is 9.52 Å². The number of aliphatic hydroxyl groups excluding tert-OH is 1. The highest BCUT2D eigenvalue weighted by atomic mass is 16.3. The number of carbonyl (C=O) groups is 1. The summed E-state index contributed by atoms with van der Waals surface area (Å²) in [5.74, 6) is 0.380. The van der Waals surface area contributed by atoms with Crippen molar-refractivity contribution >= 4 is 5.91 Å². The van der Waals surface area contributed by atoms with Gasteiger partial charge in [-0.15, -0.1) is 0 Å². The molecule has 1 saturated heterocycles. The van der Waals surface area contributed by atoms with Crippen LogP contribution in [-0.4, -0.2) is 60.1 Å². The summed E-state index contributed by atoms with van der Waals surface area (Å²) in [4.78, 5) is 16.0. The standard InChI is InChI=1S/C12H18N2O3/c15-9-2-4-13-5-7-14(8-6-13)12(16)11-3-1-10-17-11/h1,3,10,15H,2,4-9H2. The molecule has 0 bridgehead atoms. The average Bonchev–Trinajstić information content (AvgIpc) is 2.90. The first-order valence-corrected chi connectivity index (χ1v) is 5.97. The molecule has 17 heavy (non-hydrogen) atoms. The fourth-order valence-electron chi connectivity index (χ4n) is 2.02. The molecule has 2 heterocycles. The van der Waals surface area contributed by atoms with E-state index in [1.807, 2.05) is 4.90 Å². The average molecular weight is 238 g/mol. The van der Waals surface area contributed by atoms with Crippen LogP contribution < -0.4 is 0 Å². The predicted molar refractivity (Wildman–Crippen MR) is 62.8 cm³/mol. The number of rotatable bonds is 4. The molecule has 1 aromatic heterocycles. The van der Waals surface area contributed by atoms with Gasteiger partial charge in [0, 0.05) is 39.3 Å². The van der Waals surface area contributed by atoms with E-state index in [0.29, 0.717) is 5.76 Å². The number of aliphatic hydroxyl groups is 1. The normalized spacial score (nSPS) is 17.4. The number of hydrogen-bond acceptors (Lipinski definition) is 4. The molecular weight excluding hydrogens is 220 g/mol. The molecule has 5 heteroatoms. The Morgan fingerprint density at radius 1 is 1.35 bits per heavy atom. The van der Waals surface area contributed by atoms with Gasteiger partial charge in [0.1, 0.15) is 0 Å². The number of furan rings is 1. The molecule has 1 N–H and O–H groups in total. The van der Waals surface area contributed by atoms with Crippen molar-refractivity contribution < 1.29 is 14.3 Å². The number of piperazine rings is 1. The van der Waals surface area contributed by atoms with Crippen LogP contribution in [0.3, 0.4) is 0 Å². The van der Waals surface area contributed by atoms with Crippen LogP contribution in [0.15, 0.2) is 22.8 Å². The molecule has 1 amide bonds. The van der Waals surface area contributed by atoms with Crippen LogP contribution in [0, 0.1) is 0 Å². The molecule has 0 saturated carbocycles. The predicted octanol–water partition coefficient (Wildman–Crippen LogP) is 0.420. The Balaban J connectivity index is 1.81. The SMILES string of the molecule is O=C(c1ccco1)N1CCN(CCCO)CC1. The topological polar surface area (TPSA) is 56.9 Å². The van der Waals surface area contributed by atoms with Crippen molar-refractivity contribution in [2.24, 2.45) is 0 Å². The Morgan fingerprint density at radius 2 is 2.12 bits per heavy atom. The van der Waals surface area contributed by atoms with Gasteiger partial charge < -0.3 is 14.4 Å². The van der Waals surface area contributed by atoms with Crippen molar-refractivity contribution in [3.8, 4) is 0 Å². The largest absolute Gasteiger partial charge is 0.459 e. The first kappa shape index (κ1) is 12.1. The highest BCUT2D eigenvalue weighted by Gasteiger charge is 2.23. The Kier molecular flexibility index (Phi) is 4.17. The maximum Gasteiger partial charge on any atom is 0.289 e. The molecule has 0 unspecified atom stereocenters. The summed E-state index contributed by atoms with van der Waals surface area (Å²) in [5.41, 5.74) is 0. The highest BCUT2D eigenvalue weighted by molar-refractivity contribution is 5.91. The molecule has 0 aromatic carbocycles. The monoisotopic (exact) mass is 238 g/mol. The molecule has 2 rings (SSSR count). The molecule has 1 aromatic rings. The number of hydrogen-bond donors (Lipinski definition) is 1. The summed E-state index contributed by atoms with van der Waals surface area (Å²) >= 11 is 0. The third-order valence-corrected chi connectivity index (χ3v) is 3.02. The zero-order valence-corrected chi connectivity index (χ0v) is 9.84. The van der Waals surface area contributed by atoms with E-state index >= 15 is 0 Å². The number of nitrogens with zero attached hydrogens (tertiary/aromatic N) is 2. The third-order valence-electron chi connectivity index (χ3n) is 3.02. The van der Waals surface area contributed by atoms with Crippen molar-refractivity contribution in [3.63, 3.8) is 0 Å². The van der Waals surface area contributed by atoms with Crippen molar-refractivity contribution in [2.45, 2.75) is 6.42 Å². The van der Waals surface area contributed by atoms with Crippen LogP contribution >= 0.6 is 0 Å². The quantitative estimate of drug-likeness (QED) is 0.826. The van der Waals surface area contributed by atoms with E-state index in [2.05, 4.69) is 4.90 Å². The summed E-state index contributed by atoms with van der Waals surface area (Å²) < 4.78 is 5.10. The van der Waals surface area contributed by atoms with E-state index in [1.165, 1.54) is 6.26 Å². The zero-order chi connectivity index (χ0) is 12.1. The van der Waals surface area contributed by atoms with E-state index in [0.717, 1.165) is 39.1 Å². The van der Waals surface area contributed by atoms with Gasteiger partial charge in [0.15, 0.2) is 5.76 Å². The molecular formula is C12H18N2O3. The Morgan fingerprint density at radius 3 is 2.71 bits per heavy atom. The van der Waals surface area contributed by atoms with Gasteiger partial charge in [-0.3, -0.25) is 9.69 Å². The smallest absolute Gasteiger partial charge is 0.289 e. The van der Waals surface area contributed by atoms with Crippen LogP contribution in [0.2, 0.25) is 0 Å². The van der Waals surface area contributed by atoms with Gasteiger partial charge in [0.05, 0.1) is 6.26 Å². The summed E-state index contributed by atoms with van der Waals surface area (Å²) in [7, 11) is 0. The van der Waals surface area contributed by atoms with Gasteiger partial charge in [-0.05, 0) is 18.6 Å². The first-order chi connectivity index (χ1) is 8.31. The minimum atomic E-state index is -0.0307. The molecule has 1 aliphatic rings. The van der Waals surface area contributed by atoms with Crippen molar-refractivity contribution in [2.75, 3.05) is 39.3 Å². The maximum absolute atomic E-state index is 12.0. The van der Waals surface area contributed by atoms with Crippen molar-refractivity contribution in [3.05, 3.63) is 24.2 Å². The Labute approximate surface area is 101 Å². The second-order valence-electron chi connectivity index (χ2n) is 4.19. The molecule has 0 radical (unpaired) electrons. The fourth-order valence-corrected chi connectivity index (χ4v) is 2.02. The number of carbonyl (C=O) groups excluding carboxylic acids is 1. The minimum absolute atomic E-state index is 0.0307.